The molecule has 10 atom stereocenters. The van der Waals surface area contributed by atoms with E-state index in [0.717, 1.165) is 0 Å². The van der Waals surface area contributed by atoms with Crippen LogP contribution in [0.5, 0.6) is 0 Å². The molecule has 2 heterocycles. The van der Waals surface area contributed by atoms with Gasteiger partial charge in [0.05, 0.1) is 12.6 Å². The molecule has 2 saturated heterocycles. The Bertz CT molecular complexity index is 878. The van der Waals surface area contributed by atoms with E-state index in [9.17, 15) is 47.2 Å². The van der Waals surface area contributed by atoms with Crippen LogP contribution in [0.15, 0.2) is 0 Å². The van der Waals surface area contributed by atoms with Crippen molar-refractivity contribution in [1.29, 1.82) is 0 Å². The Hall–Kier alpha value is -1.11. The molecular weight excluding hydrogens is 494 g/mol. The van der Waals surface area contributed by atoms with Crippen LogP contribution in [0.3, 0.4) is 0 Å². The summed E-state index contributed by atoms with van der Waals surface area (Å²) in [5.41, 5.74) is 5.65. The largest absolute Gasteiger partial charge is 0.479 e. The standard InChI is InChI=1S/C12H21NO17S2/c13-3-5(15)4(14)2(1-26-31(20,21)22)27-12(3)29-7-6(16)8(30-32(23,24)25)11(19)28-9(7)10(17)18/h2-9,11-12,14-16,19H,1,13H2,(H,17,18)(H,20,21,22)(H,23,24,25)/t2-,3-,4-,5-,6+,7+,8-,9-,11-,12-/m1/s1. The maximum Gasteiger partial charge on any atom is 0.397 e. The van der Waals surface area contributed by atoms with Crippen LogP contribution in [-0.4, -0.2) is 125 Å². The molecule has 18 nitrogen and oxygen atoms in total. The average Bonchev–Trinajstić information content (AvgIpc) is 2.64. The lowest BCUT2D eigenvalue weighted by atomic mass is 9.96. The summed E-state index contributed by atoms with van der Waals surface area (Å²) in [6, 6.07) is -1.65. The van der Waals surface area contributed by atoms with Gasteiger partial charge in [0.15, 0.2) is 24.8 Å². The van der Waals surface area contributed by atoms with E-state index in [0.29, 0.717) is 0 Å². The number of nitrogens with two attached hydrogens (primary N) is 1. The molecule has 20 heteroatoms. The summed E-state index contributed by atoms with van der Waals surface area (Å²) >= 11 is 0. The van der Waals surface area contributed by atoms with Crippen LogP contribution in [0, 0.1) is 0 Å². The molecular formula is C12H21NO17S2. The lowest BCUT2D eigenvalue weighted by molar-refractivity contribution is -0.330. The predicted molar refractivity (Wildman–Crippen MR) is 92.0 cm³/mol. The lowest BCUT2D eigenvalue weighted by Crippen LogP contribution is -2.67. The topological polar surface area (TPSA) is 299 Å². The molecule has 2 rings (SSSR count). The van der Waals surface area contributed by atoms with Gasteiger partial charge >= 0.3 is 26.8 Å². The molecule has 0 aromatic rings. The number of ether oxygens (including phenoxy) is 3. The van der Waals surface area contributed by atoms with Gasteiger partial charge in [-0.15, -0.1) is 0 Å². The molecule has 0 aromatic heterocycles. The molecule has 0 unspecified atom stereocenters. The highest BCUT2D eigenvalue weighted by Gasteiger charge is 2.53. The molecule has 32 heavy (non-hydrogen) atoms. The number of aliphatic hydroxyl groups is 4. The summed E-state index contributed by atoms with van der Waals surface area (Å²) in [7, 11) is -10.3. The van der Waals surface area contributed by atoms with E-state index in [1.807, 2.05) is 0 Å². The average molecular weight is 515 g/mol. The second kappa shape index (κ2) is 10.0. The van der Waals surface area contributed by atoms with Crippen LogP contribution in [0.1, 0.15) is 0 Å². The van der Waals surface area contributed by atoms with Crippen LogP contribution < -0.4 is 5.73 Å². The zero-order valence-electron chi connectivity index (χ0n) is 15.6. The minimum Gasteiger partial charge on any atom is -0.479 e. The Balaban J connectivity index is 2.26. The summed E-state index contributed by atoms with van der Waals surface area (Å²) in [5, 5.41) is 49.3. The van der Waals surface area contributed by atoms with Gasteiger partial charge in [-0.2, -0.15) is 16.8 Å². The predicted octanol–water partition coefficient (Wildman–Crippen LogP) is -5.68. The molecule has 0 aliphatic carbocycles. The molecule has 0 radical (unpaired) electrons. The zero-order valence-corrected chi connectivity index (χ0v) is 17.2. The van der Waals surface area contributed by atoms with Gasteiger partial charge in [0, 0.05) is 0 Å². The maximum absolute atomic E-state index is 11.5. The van der Waals surface area contributed by atoms with E-state index in [2.05, 4.69) is 13.1 Å². The second-order valence-corrected chi connectivity index (χ2v) is 8.82. The van der Waals surface area contributed by atoms with Crippen molar-refractivity contribution in [2.75, 3.05) is 6.61 Å². The third-order valence-electron chi connectivity index (χ3n) is 4.44. The molecule has 0 bridgehead atoms. The van der Waals surface area contributed by atoms with Crippen molar-refractivity contribution in [2.24, 2.45) is 5.73 Å². The van der Waals surface area contributed by atoms with Crippen molar-refractivity contribution in [3.8, 4) is 0 Å². The van der Waals surface area contributed by atoms with E-state index >= 15 is 0 Å². The Morgan fingerprint density at radius 1 is 0.906 bits per heavy atom. The Kier molecular flexibility index (Phi) is 8.50. The molecule has 2 aliphatic heterocycles. The number of carboxylic acids is 1. The van der Waals surface area contributed by atoms with Crippen molar-refractivity contribution in [2.45, 2.75) is 61.3 Å². The van der Waals surface area contributed by atoms with Crippen LogP contribution >= 0.6 is 0 Å². The van der Waals surface area contributed by atoms with Gasteiger partial charge in [-0.05, 0) is 0 Å². The molecule has 9 N–H and O–H groups in total. The fourth-order valence-corrected chi connectivity index (χ4v) is 3.75. The molecule has 0 saturated carbocycles. The summed E-state index contributed by atoms with van der Waals surface area (Å²) < 4.78 is 83.8. The molecule has 2 fully saturated rings. The monoisotopic (exact) mass is 515 g/mol. The van der Waals surface area contributed by atoms with Gasteiger partial charge in [0.2, 0.25) is 0 Å². The van der Waals surface area contributed by atoms with Gasteiger partial charge in [-0.25, -0.2) is 13.2 Å². The first-order valence-corrected chi connectivity index (χ1v) is 11.2. The first-order chi connectivity index (χ1) is 14.5. The van der Waals surface area contributed by atoms with Crippen molar-refractivity contribution in [1.82, 2.24) is 0 Å². The lowest BCUT2D eigenvalue weighted by Gasteiger charge is -2.45. The second-order valence-electron chi connectivity index (χ2n) is 6.68. The van der Waals surface area contributed by atoms with Crippen LogP contribution in [0.2, 0.25) is 0 Å². The Labute approximate surface area is 179 Å². The molecule has 0 amide bonds. The first-order valence-electron chi connectivity index (χ1n) is 8.46. The van der Waals surface area contributed by atoms with E-state index in [4.69, 9.17) is 24.3 Å². The minimum atomic E-state index is -5.27. The summed E-state index contributed by atoms with van der Waals surface area (Å²) in [6.07, 6.45) is -18.6. The van der Waals surface area contributed by atoms with E-state index in [-0.39, 0.29) is 0 Å². The smallest absolute Gasteiger partial charge is 0.397 e. The van der Waals surface area contributed by atoms with Crippen LogP contribution in [-0.2, 0) is 48.2 Å². The van der Waals surface area contributed by atoms with Gasteiger partial charge in [-0.3, -0.25) is 9.11 Å². The highest BCUT2D eigenvalue weighted by atomic mass is 32.3. The first kappa shape index (κ1) is 27.1. The number of hydrogen-bond donors (Lipinski definition) is 8. The third kappa shape index (κ3) is 6.71. The summed E-state index contributed by atoms with van der Waals surface area (Å²) in [5.74, 6) is -1.82. The van der Waals surface area contributed by atoms with Gasteiger partial charge in [0.1, 0.15) is 30.5 Å². The van der Waals surface area contributed by atoms with Crippen molar-refractivity contribution in [3.05, 3.63) is 0 Å². The Morgan fingerprint density at radius 2 is 1.50 bits per heavy atom. The summed E-state index contributed by atoms with van der Waals surface area (Å²) in [4.78, 5) is 11.5. The highest BCUT2D eigenvalue weighted by Crippen LogP contribution is 2.30. The van der Waals surface area contributed by atoms with Gasteiger partial charge < -0.3 is 45.5 Å². The molecule has 0 spiro atoms. The minimum absolute atomic E-state index is 1.05. The number of carbonyl (C=O) groups is 1. The van der Waals surface area contributed by atoms with E-state index < -0.39 is 94.7 Å². The Morgan fingerprint density at radius 3 is 2.00 bits per heavy atom. The fourth-order valence-electron chi connectivity index (χ4n) is 2.96. The molecule has 2 aliphatic rings. The van der Waals surface area contributed by atoms with Gasteiger partial charge in [0.25, 0.3) is 0 Å². The SMILES string of the molecule is N[C@H]1[C@@H](O[C@H]2[C@H](O)[C@@H](OS(=O)(=O)O)[C@H](O)O[C@H]2C(=O)O)O[C@H](COS(=O)(=O)O)[C@@H](O)[C@@H]1O. The number of aliphatic hydroxyl groups excluding tert-OH is 4. The van der Waals surface area contributed by atoms with Crippen molar-refractivity contribution >= 4 is 26.8 Å². The highest BCUT2D eigenvalue weighted by molar-refractivity contribution is 7.81. The summed E-state index contributed by atoms with van der Waals surface area (Å²) in [6.45, 7) is -1.05. The third-order valence-corrected chi connectivity index (χ3v) is 5.34. The van der Waals surface area contributed by atoms with E-state index in [1.54, 1.807) is 0 Å². The quantitative estimate of drug-likeness (QED) is 0.140. The van der Waals surface area contributed by atoms with Crippen LogP contribution in [0.4, 0.5) is 0 Å². The van der Waals surface area contributed by atoms with Crippen molar-refractivity contribution in [3.63, 3.8) is 0 Å². The van der Waals surface area contributed by atoms with E-state index in [1.165, 1.54) is 0 Å². The number of aliphatic carboxylic acids is 1. The maximum atomic E-state index is 11.5. The fraction of sp³-hybridized carbons (Fsp3) is 0.917. The normalized spacial score (nSPS) is 41.3. The van der Waals surface area contributed by atoms with Gasteiger partial charge in [-0.1, -0.05) is 0 Å². The molecule has 188 valence electrons. The van der Waals surface area contributed by atoms with Crippen molar-refractivity contribution < 1.29 is 78.8 Å². The number of hydrogen-bond acceptors (Lipinski definition) is 15. The van der Waals surface area contributed by atoms with Crippen LogP contribution in [0.25, 0.3) is 0 Å². The molecule has 0 aromatic carbocycles. The number of carboxylic acid groups (broad SMARTS) is 1. The number of rotatable bonds is 8. The zero-order chi connectivity index (χ0) is 24.6.